The number of benzene rings is 8. The Balaban J connectivity index is 1.26. The smallest absolute Gasteiger partial charge is 0.164 e. The van der Waals surface area contributed by atoms with Crippen LogP contribution in [0.2, 0.25) is 0 Å². The second-order valence-electron chi connectivity index (χ2n) is 14.2. The molecule has 9 aromatic rings. The minimum Gasteiger partial charge on any atom is -0.457 e. The van der Waals surface area contributed by atoms with Gasteiger partial charge in [0.05, 0.1) is 17.0 Å². The van der Waals surface area contributed by atoms with Crippen molar-refractivity contribution in [3.05, 3.63) is 210 Å². The minimum absolute atomic E-state index is 0.606. The highest BCUT2D eigenvalue weighted by molar-refractivity contribution is 6.10. The van der Waals surface area contributed by atoms with Crippen molar-refractivity contribution in [2.75, 3.05) is 0 Å². The van der Waals surface area contributed by atoms with E-state index in [0.29, 0.717) is 23.0 Å². The van der Waals surface area contributed by atoms with Crippen LogP contribution in [0.3, 0.4) is 0 Å². The van der Waals surface area contributed by atoms with Gasteiger partial charge in [0.2, 0.25) is 0 Å². The number of para-hydroxylation sites is 2. The average Bonchev–Trinajstić information content (AvgIpc) is 3.56. The van der Waals surface area contributed by atoms with Gasteiger partial charge in [-0.3, -0.25) is 0 Å². The second kappa shape index (κ2) is 12.4. The van der Waals surface area contributed by atoms with E-state index in [9.17, 15) is 5.26 Å². The first-order chi connectivity index (χ1) is 27.7. The summed E-state index contributed by atoms with van der Waals surface area (Å²) >= 11 is 0. The van der Waals surface area contributed by atoms with E-state index in [1.807, 2.05) is 97.1 Å². The normalized spacial score (nSPS) is 12.9. The lowest BCUT2D eigenvalue weighted by atomic mass is 9.65. The van der Waals surface area contributed by atoms with Gasteiger partial charge in [-0.25, -0.2) is 15.0 Å². The van der Waals surface area contributed by atoms with Crippen molar-refractivity contribution in [1.82, 2.24) is 15.0 Å². The molecule has 0 unspecified atom stereocenters. The van der Waals surface area contributed by atoms with Crippen LogP contribution in [-0.4, -0.2) is 15.0 Å². The Morgan fingerprint density at radius 2 is 0.946 bits per heavy atom. The monoisotopic (exact) mass is 714 g/mol. The van der Waals surface area contributed by atoms with Gasteiger partial charge in [-0.05, 0) is 80.6 Å². The molecule has 0 bridgehead atoms. The Morgan fingerprint density at radius 3 is 1.57 bits per heavy atom. The van der Waals surface area contributed by atoms with Crippen LogP contribution in [0.4, 0.5) is 0 Å². The fourth-order valence-electron chi connectivity index (χ4n) is 8.78. The Kier molecular flexibility index (Phi) is 7.07. The van der Waals surface area contributed by atoms with Crippen LogP contribution in [0, 0.1) is 11.3 Å². The third-order valence-corrected chi connectivity index (χ3v) is 11.2. The van der Waals surface area contributed by atoms with Gasteiger partial charge in [-0.1, -0.05) is 146 Å². The molecule has 5 heteroatoms. The number of nitriles is 1. The summed E-state index contributed by atoms with van der Waals surface area (Å²) in [4.78, 5) is 15.5. The fourth-order valence-corrected chi connectivity index (χ4v) is 8.78. The van der Waals surface area contributed by atoms with Crippen molar-refractivity contribution in [3.8, 4) is 74.0 Å². The van der Waals surface area contributed by atoms with Crippen molar-refractivity contribution < 1.29 is 4.74 Å². The van der Waals surface area contributed by atoms with Gasteiger partial charge in [0.1, 0.15) is 11.5 Å². The van der Waals surface area contributed by atoms with E-state index < -0.39 is 5.41 Å². The summed E-state index contributed by atoms with van der Waals surface area (Å²) in [6, 6.07) is 64.9. The molecule has 0 N–H and O–H groups in total. The zero-order valence-electron chi connectivity index (χ0n) is 30.0. The molecule has 1 aliphatic carbocycles. The van der Waals surface area contributed by atoms with Crippen LogP contribution < -0.4 is 4.74 Å². The molecule has 0 amide bonds. The Morgan fingerprint density at radius 1 is 0.411 bits per heavy atom. The summed E-state index contributed by atoms with van der Waals surface area (Å²) in [6.07, 6.45) is 0. The Bertz CT molecular complexity index is 2960. The van der Waals surface area contributed by atoms with Gasteiger partial charge in [-0.15, -0.1) is 0 Å². The molecular formula is C51H30N4O. The Labute approximate surface area is 323 Å². The molecule has 5 nitrogen and oxygen atoms in total. The molecule has 260 valence electrons. The lowest BCUT2D eigenvalue weighted by Crippen LogP contribution is -2.32. The number of fused-ring (bicyclic) bond motifs is 11. The molecule has 0 saturated heterocycles. The molecule has 1 aliphatic heterocycles. The van der Waals surface area contributed by atoms with E-state index in [-0.39, 0.29) is 0 Å². The van der Waals surface area contributed by atoms with Gasteiger partial charge in [0.15, 0.2) is 17.5 Å². The highest BCUT2D eigenvalue weighted by Crippen LogP contribution is 2.64. The number of hydrogen-bond donors (Lipinski definition) is 0. The van der Waals surface area contributed by atoms with Crippen LogP contribution in [0.25, 0.3) is 67.2 Å². The number of nitrogens with zero attached hydrogens (tertiary/aromatic N) is 4. The molecular weight excluding hydrogens is 685 g/mol. The quantitative estimate of drug-likeness (QED) is 0.181. The molecule has 0 saturated carbocycles. The van der Waals surface area contributed by atoms with Gasteiger partial charge in [0, 0.05) is 27.8 Å². The summed E-state index contributed by atoms with van der Waals surface area (Å²) in [6.45, 7) is 0. The van der Waals surface area contributed by atoms with E-state index in [4.69, 9.17) is 19.7 Å². The zero-order valence-corrected chi connectivity index (χ0v) is 30.0. The van der Waals surface area contributed by atoms with Crippen molar-refractivity contribution >= 4 is 10.8 Å². The summed E-state index contributed by atoms with van der Waals surface area (Å²) < 4.78 is 6.70. The molecule has 2 aliphatic rings. The Hall–Kier alpha value is -7.68. The largest absolute Gasteiger partial charge is 0.457 e. The molecule has 0 radical (unpaired) electrons. The molecule has 56 heavy (non-hydrogen) atoms. The molecule has 0 fully saturated rings. The SMILES string of the molecule is N#Cc1ccc(-c2ccc3c(c2)C2(c4ccccc4Oc4ccccc42)c2cc(-c4nc(-c5ccccc5)nc(-c5ccccc5)n4)c4ccccc4c2-3)cc1. The maximum atomic E-state index is 9.54. The van der Waals surface area contributed by atoms with Crippen LogP contribution in [0.15, 0.2) is 182 Å². The second-order valence-corrected chi connectivity index (χ2v) is 14.2. The maximum absolute atomic E-state index is 9.54. The number of aromatic nitrogens is 3. The van der Waals surface area contributed by atoms with Crippen LogP contribution in [0.5, 0.6) is 11.5 Å². The van der Waals surface area contributed by atoms with Crippen LogP contribution in [0.1, 0.15) is 27.8 Å². The van der Waals surface area contributed by atoms with Gasteiger partial charge >= 0.3 is 0 Å². The standard InChI is InChI=1S/C51H30N4O/c52-31-32-23-25-33(26-24-32)36-27-28-39-43(29-36)51(41-19-9-11-21-45(41)56-46-22-12-10-20-42(46)51)44-30-40(37-17-7-8-18-38(37)47(39)44)50-54-48(34-13-3-1-4-14-34)53-49(55-50)35-15-5-2-6-16-35/h1-30H. The average molecular weight is 715 g/mol. The predicted molar refractivity (Wildman–Crippen MR) is 221 cm³/mol. The molecule has 11 rings (SSSR count). The maximum Gasteiger partial charge on any atom is 0.164 e. The summed E-state index contributed by atoms with van der Waals surface area (Å²) in [5.41, 5.74) is 11.6. The lowest BCUT2D eigenvalue weighted by molar-refractivity contribution is 0.436. The highest BCUT2D eigenvalue weighted by Gasteiger charge is 2.52. The van der Waals surface area contributed by atoms with E-state index >= 15 is 0 Å². The third kappa shape index (κ3) is 4.70. The zero-order chi connectivity index (χ0) is 37.2. The summed E-state index contributed by atoms with van der Waals surface area (Å²) in [5.74, 6) is 3.48. The lowest BCUT2D eigenvalue weighted by Gasteiger charge is -2.39. The number of hydrogen-bond acceptors (Lipinski definition) is 5. The van der Waals surface area contributed by atoms with Gasteiger partial charge < -0.3 is 4.74 Å². The van der Waals surface area contributed by atoms with Crippen LogP contribution >= 0.6 is 0 Å². The van der Waals surface area contributed by atoms with E-state index in [2.05, 4.69) is 91.0 Å². The highest BCUT2D eigenvalue weighted by atomic mass is 16.5. The van der Waals surface area contributed by atoms with Crippen molar-refractivity contribution in [3.63, 3.8) is 0 Å². The van der Waals surface area contributed by atoms with Gasteiger partial charge in [0.25, 0.3) is 0 Å². The van der Waals surface area contributed by atoms with E-state index in [1.54, 1.807) is 0 Å². The number of ether oxygens (including phenoxy) is 1. The summed E-state index contributed by atoms with van der Waals surface area (Å²) in [5, 5.41) is 11.7. The molecule has 2 heterocycles. The third-order valence-electron chi connectivity index (χ3n) is 11.2. The van der Waals surface area contributed by atoms with E-state index in [1.165, 1.54) is 11.1 Å². The predicted octanol–water partition coefficient (Wildman–Crippen LogP) is 12.0. The first-order valence-electron chi connectivity index (χ1n) is 18.7. The first-order valence-corrected chi connectivity index (χ1v) is 18.7. The van der Waals surface area contributed by atoms with Crippen molar-refractivity contribution in [2.24, 2.45) is 0 Å². The molecule has 1 aromatic heterocycles. The van der Waals surface area contributed by atoms with E-state index in [0.717, 1.165) is 72.3 Å². The van der Waals surface area contributed by atoms with Crippen LogP contribution in [-0.2, 0) is 5.41 Å². The molecule has 8 aromatic carbocycles. The number of rotatable bonds is 4. The fraction of sp³-hybridized carbons (Fsp3) is 0.0196. The van der Waals surface area contributed by atoms with Gasteiger partial charge in [-0.2, -0.15) is 5.26 Å². The van der Waals surface area contributed by atoms with Crippen molar-refractivity contribution in [2.45, 2.75) is 5.41 Å². The minimum atomic E-state index is -0.741. The first kappa shape index (κ1) is 31.8. The van der Waals surface area contributed by atoms with Crippen molar-refractivity contribution in [1.29, 1.82) is 5.26 Å². The molecule has 1 spiro atoms. The summed E-state index contributed by atoms with van der Waals surface area (Å²) in [7, 11) is 0. The topological polar surface area (TPSA) is 71.7 Å². The molecule has 0 atom stereocenters.